The Bertz CT molecular complexity index is 491. The lowest BCUT2D eigenvalue weighted by atomic mass is 10.3. The van der Waals surface area contributed by atoms with Gasteiger partial charge in [0.2, 0.25) is 0 Å². The maximum Gasteiger partial charge on any atom is 0.333 e. The Morgan fingerprint density at radius 1 is 1.33 bits per heavy atom. The van der Waals surface area contributed by atoms with E-state index in [1.165, 1.54) is 6.20 Å². The van der Waals surface area contributed by atoms with E-state index < -0.39 is 6.55 Å². The van der Waals surface area contributed by atoms with E-state index in [0.29, 0.717) is 23.5 Å². The van der Waals surface area contributed by atoms with Crippen LogP contribution in [0.1, 0.15) is 24.7 Å². The average Bonchev–Trinajstić information content (AvgIpc) is 2.97. The van der Waals surface area contributed by atoms with Crippen LogP contribution < -0.4 is 5.32 Å². The highest BCUT2D eigenvalue weighted by Gasteiger charge is 2.10. The van der Waals surface area contributed by atoms with E-state index in [0.717, 1.165) is 12.1 Å². The van der Waals surface area contributed by atoms with Crippen molar-refractivity contribution in [3.63, 3.8) is 0 Å². The molecule has 0 saturated carbocycles. The molecule has 2 rings (SSSR count). The molecule has 7 heteroatoms. The number of alkyl halides is 2. The molecule has 0 saturated heterocycles. The fourth-order valence-electron chi connectivity index (χ4n) is 1.66. The largest absolute Gasteiger partial charge is 0.333 e. The molecule has 0 fully saturated rings. The van der Waals surface area contributed by atoms with E-state index in [2.05, 4.69) is 15.5 Å². The summed E-state index contributed by atoms with van der Waals surface area (Å²) in [6, 6.07) is 1.58. The summed E-state index contributed by atoms with van der Waals surface area (Å²) in [5.41, 5.74) is 1.49. The predicted molar refractivity (Wildman–Crippen MR) is 61.9 cm³/mol. The molecule has 0 amide bonds. The summed E-state index contributed by atoms with van der Waals surface area (Å²) >= 11 is 0. The maximum absolute atomic E-state index is 12.5. The van der Waals surface area contributed by atoms with Crippen molar-refractivity contribution in [1.82, 2.24) is 24.9 Å². The number of nitrogens with zero attached hydrogens (tertiary/aromatic N) is 4. The van der Waals surface area contributed by atoms with Gasteiger partial charge >= 0.3 is 6.55 Å². The lowest BCUT2D eigenvalue weighted by Crippen LogP contribution is -2.16. The van der Waals surface area contributed by atoms with Crippen LogP contribution in [0.4, 0.5) is 8.78 Å². The number of aryl methyl sites for hydroxylation is 1. The van der Waals surface area contributed by atoms with E-state index in [4.69, 9.17) is 0 Å². The summed E-state index contributed by atoms with van der Waals surface area (Å²) in [7, 11) is 0. The van der Waals surface area contributed by atoms with E-state index in [1.807, 2.05) is 17.8 Å². The molecular formula is C11H15F2N5. The van der Waals surface area contributed by atoms with Crippen LogP contribution in [0, 0.1) is 0 Å². The van der Waals surface area contributed by atoms with Crippen LogP contribution in [-0.4, -0.2) is 19.6 Å². The van der Waals surface area contributed by atoms with Crippen LogP contribution in [0.3, 0.4) is 0 Å². The third kappa shape index (κ3) is 2.92. The molecule has 0 bridgehead atoms. The maximum atomic E-state index is 12.5. The summed E-state index contributed by atoms with van der Waals surface area (Å²) in [5, 5.41) is 10.8. The Kier molecular flexibility index (Phi) is 4.03. The molecule has 0 radical (unpaired) electrons. The van der Waals surface area contributed by atoms with E-state index in [9.17, 15) is 8.78 Å². The lowest BCUT2D eigenvalue weighted by molar-refractivity contribution is 0.0531. The quantitative estimate of drug-likeness (QED) is 0.856. The molecule has 0 spiro atoms. The Balaban J connectivity index is 1.86. The van der Waals surface area contributed by atoms with Crippen molar-refractivity contribution in [3.05, 3.63) is 35.9 Å². The Morgan fingerprint density at radius 3 is 2.83 bits per heavy atom. The second kappa shape index (κ2) is 5.72. The minimum atomic E-state index is -2.60. The van der Waals surface area contributed by atoms with Crippen LogP contribution in [0.5, 0.6) is 0 Å². The van der Waals surface area contributed by atoms with Crippen LogP contribution >= 0.6 is 0 Å². The van der Waals surface area contributed by atoms with Crippen molar-refractivity contribution >= 4 is 0 Å². The highest BCUT2D eigenvalue weighted by molar-refractivity contribution is 5.05. The predicted octanol–water partition coefficient (Wildman–Crippen LogP) is 1.78. The number of aromatic nitrogens is 4. The van der Waals surface area contributed by atoms with E-state index in [-0.39, 0.29) is 0 Å². The standard InChI is InChI=1S/C11H15F2N5/c1-2-17-8-9(6-16-17)5-14-7-10-3-4-15-18(10)11(12)13/h3-4,6,8,11,14H,2,5,7H2,1H3. The van der Waals surface area contributed by atoms with Gasteiger partial charge in [-0.2, -0.15) is 19.0 Å². The Hall–Kier alpha value is -1.76. The van der Waals surface area contributed by atoms with Gasteiger partial charge in [-0.25, -0.2) is 4.68 Å². The minimum Gasteiger partial charge on any atom is -0.307 e. The van der Waals surface area contributed by atoms with Gasteiger partial charge in [0.05, 0.1) is 11.9 Å². The highest BCUT2D eigenvalue weighted by atomic mass is 19.3. The summed E-state index contributed by atoms with van der Waals surface area (Å²) < 4.78 is 27.6. The summed E-state index contributed by atoms with van der Waals surface area (Å²) in [6.45, 7) is 1.17. The van der Waals surface area contributed by atoms with Crippen LogP contribution in [0.15, 0.2) is 24.7 Å². The van der Waals surface area contributed by atoms with Gasteiger partial charge in [-0.05, 0) is 13.0 Å². The van der Waals surface area contributed by atoms with Gasteiger partial charge in [0.15, 0.2) is 0 Å². The summed E-state index contributed by atoms with van der Waals surface area (Å²) in [4.78, 5) is 0. The first kappa shape index (κ1) is 12.7. The topological polar surface area (TPSA) is 47.7 Å². The monoisotopic (exact) mass is 255 g/mol. The second-order valence-electron chi connectivity index (χ2n) is 3.85. The van der Waals surface area contributed by atoms with E-state index >= 15 is 0 Å². The van der Waals surface area contributed by atoms with Crippen LogP contribution in [0.2, 0.25) is 0 Å². The molecule has 0 atom stereocenters. The molecule has 0 aliphatic rings. The van der Waals surface area contributed by atoms with Crippen molar-refractivity contribution < 1.29 is 8.78 Å². The molecule has 0 unspecified atom stereocenters. The van der Waals surface area contributed by atoms with Crippen molar-refractivity contribution in [2.75, 3.05) is 0 Å². The smallest absolute Gasteiger partial charge is 0.307 e. The third-order valence-corrected chi connectivity index (χ3v) is 2.58. The van der Waals surface area contributed by atoms with Gasteiger partial charge in [0.25, 0.3) is 0 Å². The molecule has 0 aliphatic heterocycles. The first-order chi connectivity index (χ1) is 8.70. The van der Waals surface area contributed by atoms with Crippen LogP contribution in [-0.2, 0) is 19.6 Å². The molecule has 5 nitrogen and oxygen atoms in total. The summed E-state index contributed by atoms with van der Waals surface area (Å²) in [6.07, 6.45) is 5.07. The zero-order chi connectivity index (χ0) is 13.0. The van der Waals surface area contributed by atoms with Gasteiger partial charge in [0, 0.05) is 37.6 Å². The number of rotatable bonds is 6. The fraction of sp³-hybridized carbons (Fsp3) is 0.455. The third-order valence-electron chi connectivity index (χ3n) is 2.58. The van der Waals surface area contributed by atoms with Crippen molar-refractivity contribution in [3.8, 4) is 0 Å². The van der Waals surface area contributed by atoms with E-state index in [1.54, 1.807) is 12.3 Å². The zero-order valence-electron chi connectivity index (χ0n) is 10.1. The molecule has 98 valence electrons. The van der Waals surface area contributed by atoms with Gasteiger partial charge in [-0.15, -0.1) is 0 Å². The lowest BCUT2D eigenvalue weighted by Gasteiger charge is -2.06. The molecule has 2 aromatic heterocycles. The normalized spacial score (nSPS) is 11.3. The summed E-state index contributed by atoms with van der Waals surface area (Å²) in [5.74, 6) is 0. The molecular weight excluding hydrogens is 240 g/mol. The van der Waals surface area contributed by atoms with Gasteiger partial charge in [-0.3, -0.25) is 4.68 Å². The van der Waals surface area contributed by atoms with Crippen LogP contribution in [0.25, 0.3) is 0 Å². The number of hydrogen-bond acceptors (Lipinski definition) is 3. The first-order valence-electron chi connectivity index (χ1n) is 5.73. The van der Waals surface area contributed by atoms with Crippen molar-refractivity contribution in [1.29, 1.82) is 0 Å². The Labute approximate surface area is 103 Å². The van der Waals surface area contributed by atoms with Gasteiger partial charge in [0.1, 0.15) is 0 Å². The molecule has 2 heterocycles. The second-order valence-corrected chi connectivity index (χ2v) is 3.85. The van der Waals surface area contributed by atoms with Crippen molar-refractivity contribution in [2.24, 2.45) is 0 Å². The average molecular weight is 255 g/mol. The molecule has 0 aliphatic carbocycles. The van der Waals surface area contributed by atoms with Gasteiger partial charge in [-0.1, -0.05) is 0 Å². The molecule has 1 N–H and O–H groups in total. The van der Waals surface area contributed by atoms with Gasteiger partial charge < -0.3 is 5.32 Å². The number of halogens is 2. The number of hydrogen-bond donors (Lipinski definition) is 1. The Morgan fingerprint density at radius 2 is 2.17 bits per heavy atom. The highest BCUT2D eigenvalue weighted by Crippen LogP contribution is 2.11. The zero-order valence-corrected chi connectivity index (χ0v) is 10.1. The number of nitrogens with one attached hydrogen (secondary N) is 1. The molecule has 18 heavy (non-hydrogen) atoms. The van der Waals surface area contributed by atoms with Crippen molar-refractivity contribution in [2.45, 2.75) is 33.1 Å². The first-order valence-corrected chi connectivity index (χ1v) is 5.73. The molecule has 0 aromatic carbocycles. The molecule has 2 aromatic rings. The SMILES string of the molecule is CCn1cc(CNCc2ccnn2C(F)F)cn1. The minimum absolute atomic E-state index is 0.349. The fourth-order valence-corrected chi connectivity index (χ4v) is 1.66.